The van der Waals surface area contributed by atoms with Crippen LogP contribution in [0.5, 0.6) is 0 Å². The highest BCUT2D eigenvalue weighted by atomic mass is 16.6. The molecule has 0 saturated heterocycles. The molecule has 19 heavy (non-hydrogen) atoms. The van der Waals surface area contributed by atoms with E-state index in [0.29, 0.717) is 5.69 Å². The average molecular weight is 256 g/mol. The van der Waals surface area contributed by atoms with Gasteiger partial charge in [-0.3, -0.25) is 15.5 Å². The van der Waals surface area contributed by atoms with Gasteiger partial charge in [0.1, 0.15) is 0 Å². The van der Waals surface area contributed by atoms with Crippen molar-refractivity contribution in [2.45, 2.75) is 6.92 Å². The zero-order chi connectivity index (χ0) is 13.7. The van der Waals surface area contributed by atoms with Gasteiger partial charge in [-0.1, -0.05) is 17.4 Å². The Morgan fingerprint density at radius 3 is 2.53 bits per heavy atom. The first kappa shape index (κ1) is 12.7. The largest absolute Gasteiger partial charge is 0.269 e. The van der Waals surface area contributed by atoms with E-state index in [-0.39, 0.29) is 5.69 Å². The molecule has 2 rings (SSSR count). The molecule has 0 radical (unpaired) electrons. The molecule has 0 aromatic heterocycles. The second kappa shape index (κ2) is 5.72. The maximum Gasteiger partial charge on any atom is 0.269 e. The Hall–Kier alpha value is -2.76. The Morgan fingerprint density at radius 2 is 1.89 bits per heavy atom. The van der Waals surface area contributed by atoms with Crippen molar-refractivity contribution in [3.8, 4) is 0 Å². The standard InChI is InChI=1S/C13H12N4O2/c1-10-3-2-4-12(9-10)15-16-14-11-5-7-13(8-6-11)17(18)19/h2-9H,1H3,(H,14,15). The number of rotatable bonds is 4. The highest BCUT2D eigenvalue weighted by molar-refractivity contribution is 5.46. The van der Waals surface area contributed by atoms with E-state index in [1.807, 2.05) is 31.2 Å². The van der Waals surface area contributed by atoms with Crippen molar-refractivity contribution in [1.82, 2.24) is 0 Å². The fraction of sp³-hybridized carbons (Fsp3) is 0.0769. The van der Waals surface area contributed by atoms with E-state index in [0.717, 1.165) is 11.3 Å². The fourth-order valence-electron chi connectivity index (χ4n) is 1.50. The van der Waals surface area contributed by atoms with Crippen molar-refractivity contribution in [2.75, 3.05) is 5.43 Å². The third-order valence-corrected chi connectivity index (χ3v) is 2.42. The molecule has 6 heteroatoms. The first-order valence-corrected chi connectivity index (χ1v) is 5.63. The van der Waals surface area contributed by atoms with Crippen molar-refractivity contribution in [3.05, 3.63) is 64.2 Å². The predicted molar refractivity (Wildman–Crippen MR) is 72.4 cm³/mol. The maximum absolute atomic E-state index is 10.5. The summed E-state index contributed by atoms with van der Waals surface area (Å²) in [7, 11) is 0. The van der Waals surface area contributed by atoms with Gasteiger partial charge in [-0.25, -0.2) is 0 Å². The maximum atomic E-state index is 10.5. The van der Waals surface area contributed by atoms with E-state index in [1.54, 1.807) is 12.1 Å². The van der Waals surface area contributed by atoms with Gasteiger partial charge in [-0.05, 0) is 36.8 Å². The smallest absolute Gasteiger partial charge is 0.260 e. The Morgan fingerprint density at radius 1 is 1.16 bits per heavy atom. The van der Waals surface area contributed by atoms with E-state index in [1.165, 1.54) is 12.1 Å². The summed E-state index contributed by atoms with van der Waals surface area (Å²) in [6.45, 7) is 1.98. The molecule has 1 N–H and O–H groups in total. The number of benzene rings is 2. The summed E-state index contributed by atoms with van der Waals surface area (Å²) in [5.74, 6) is 0. The van der Waals surface area contributed by atoms with Crippen LogP contribution in [0.15, 0.2) is 58.9 Å². The van der Waals surface area contributed by atoms with Gasteiger partial charge in [-0.2, -0.15) is 0 Å². The van der Waals surface area contributed by atoms with Gasteiger partial charge in [0.15, 0.2) is 0 Å². The summed E-state index contributed by atoms with van der Waals surface area (Å²) in [4.78, 5) is 10.0. The number of hydrogen-bond acceptors (Lipinski definition) is 4. The van der Waals surface area contributed by atoms with Crippen molar-refractivity contribution >= 4 is 17.1 Å². The second-order valence-electron chi connectivity index (χ2n) is 3.95. The van der Waals surface area contributed by atoms with Crippen molar-refractivity contribution in [3.63, 3.8) is 0 Å². The highest BCUT2D eigenvalue weighted by Crippen LogP contribution is 2.18. The molecule has 2 aromatic rings. The number of nitro benzene ring substituents is 1. The Balaban J connectivity index is 2.01. The monoisotopic (exact) mass is 256 g/mol. The molecule has 0 spiro atoms. The van der Waals surface area contributed by atoms with Crippen LogP contribution in [-0.4, -0.2) is 4.92 Å². The zero-order valence-corrected chi connectivity index (χ0v) is 10.3. The number of nitro groups is 1. The number of aryl methyl sites for hydroxylation is 1. The summed E-state index contributed by atoms with van der Waals surface area (Å²) in [6, 6.07) is 13.6. The molecule has 0 aliphatic carbocycles. The lowest BCUT2D eigenvalue weighted by Gasteiger charge is -1.99. The van der Waals surface area contributed by atoms with Crippen LogP contribution in [0.25, 0.3) is 0 Å². The minimum absolute atomic E-state index is 0.0330. The van der Waals surface area contributed by atoms with Gasteiger partial charge in [0.2, 0.25) is 0 Å². The summed E-state index contributed by atoms with van der Waals surface area (Å²) >= 11 is 0. The SMILES string of the molecule is Cc1cccc(NN=Nc2ccc([N+](=O)[O-])cc2)c1. The van der Waals surface area contributed by atoms with Gasteiger partial charge in [0.25, 0.3) is 5.69 Å². The average Bonchev–Trinajstić information content (AvgIpc) is 2.39. The summed E-state index contributed by atoms with van der Waals surface area (Å²) in [6.07, 6.45) is 0. The Labute approximate surface area is 109 Å². The minimum atomic E-state index is -0.452. The van der Waals surface area contributed by atoms with E-state index < -0.39 is 4.92 Å². The topological polar surface area (TPSA) is 79.9 Å². The second-order valence-corrected chi connectivity index (χ2v) is 3.95. The summed E-state index contributed by atoms with van der Waals surface area (Å²) < 4.78 is 0. The molecule has 0 amide bonds. The molecular formula is C13H12N4O2. The van der Waals surface area contributed by atoms with E-state index in [4.69, 9.17) is 0 Å². The molecular weight excluding hydrogens is 244 g/mol. The van der Waals surface area contributed by atoms with E-state index >= 15 is 0 Å². The van der Waals surface area contributed by atoms with Gasteiger partial charge in [0, 0.05) is 12.1 Å². The number of non-ortho nitro benzene ring substituents is 1. The molecule has 0 fully saturated rings. The molecule has 96 valence electrons. The molecule has 0 aliphatic heterocycles. The van der Waals surface area contributed by atoms with Crippen LogP contribution in [0.4, 0.5) is 17.1 Å². The summed E-state index contributed by atoms with van der Waals surface area (Å²) in [5, 5.41) is 18.2. The quantitative estimate of drug-likeness (QED) is 0.509. The molecule has 0 bridgehead atoms. The molecule has 0 aliphatic rings. The lowest BCUT2D eigenvalue weighted by Crippen LogP contribution is -1.87. The third-order valence-electron chi connectivity index (χ3n) is 2.42. The Kier molecular flexibility index (Phi) is 3.82. The van der Waals surface area contributed by atoms with E-state index in [9.17, 15) is 10.1 Å². The van der Waals surface area contributed by atoms with Crippen LogP contribution in [0.1, 0.15) is 5.56 Å². The lowest BCUT2D eigenvalue weighted by molar-refractivity contribution is -0.384. The van der Waals surface area contributed by atoms with Crippen LogP contribution < -0.4 is 5.43 Å². The lowest BCUT2D eigenvalue weighted by atomic mass is 10.2. The summed E-state index contributed by atoms with van der Waals surface area (Å²) in [5.41, 5.74) is 5.34. The zero-order valence-electron chi connectivity index (χ0n) is 10.3. The first-order valence-electron chi connectivity index (χ1n) is 5.63. The predicted octanol–water partition coefficient (Wildman–Crippen LogP) is 4.01. The molecule has 2 aromatic carbocycles. The van der Waals surface area contributed by atoms with Gasteiger partial charge in [0.05, 0.1) is 16.3 Å². The first-order chi connectivity index (χ1) is 9.15. The minimum Gasteiger partial charge on any atom is -0.260 e. The van der Waals surface area contributed by atoms with Gasteiger partial charge < -0.3 is 0 Å². The van der Waals surface area contributed by atoms with Gasteiger partial charge >= 0.3 is 0 Å². The number of anilines is 1. The van der Waals surface area contributed by atoms with Crippen LogP contribution >= 0.6 is 0 Å². The highest BCUT2D eigenvalue weighted by Gasteiger charge is 2.02. The third kappa shape index (κ3) is 3.60. The Bertz CT molecular complexity index is 608. The van der Waals surface area contributed by atoms with Crippen LogP contribution in [0, 0.1) is 17.0 Å². The normalized spacial score (nSPS) is 10.6. The molecule has 0 saturated carbocycles. The van der Waals surface area contributed by atoms with E-state index in [2.05, 4.69) is 15.8 Å². The van der Waals surface area contributed by atoms with Crippen LogP contribution in [0.3, 0.4) is 0 Å². The van der Waals surface area contributed by atoms with Gasteiger partial charge in [-0.15, -0.1) is 5.11 Å². The number of nitrogens with zero attached hydrogens (tertiary/aromatic N) is 3. The van der Waals surface area contributed by atoms with Crippen LogP contribution in [0.2, 0.25) is 0 Å². The fourth-order valence-corrected chi connectivity index (χ4v) is 1.50. The molecule has 0 heterocycles. The van der Waals surface area contributed by atoms with Crippen molar-refractivity contribution in [2.24, 2.45) is 10.3 Å². The molecule has 0 unspecified atom stereocenters. The number of nitrogens with one attached hydrogen (secondary N) is 1. The number of hydrogen-bond donors (Lipinski definition) is 1. The molecule has 0 atom stereocenters. The van der Waals surface area contributed by atoms with Crippen molar-refractivity contribution in [1.29, 1.82) is 0 Å². The van der Waals surface area contributed by atoms with Crippen molar-refractivity contribution < 1.29 is 4.92 Å². The molecule has 6 nitrogen and oxygen atoms in total. The van der Waals surface area contributed by atoms with Crippen LogP contribution in [-0.2, 0) is 0 Å².